The van der Waals surface area contributed by atoms with Gasteiger partial charge in [0.2, 0.25) is 0 Å². The molecular formula is C9H11BrClNS. The Morgan fingerprint density at radius 2 is 2.38 bits per heavy atom. The van der Waals surface area contributed by atoms with Crippen LogP contribution in [-0.4, -0.2) is 10.2 Å². The third-order valence-electron chi connectivity index (χ3n) is 1.66. The van der Waals surface area contributed by atoms with Crippen LogP contribution >= 0.6 is 39.3 Å². The van der Waals surface area contributed by atoms with E-state index < -0.39 is 0 Å². The molecule has 0 aromatic carbocycles. The van der Waals surface area contributed by atoms with E-state index in [0.717, 1.165) is 20.9 Å². The van der Waals surface area contributed by atoms with E-state index in [9.17, 15) is 0 Å². The Kier molecular flexibility index (Phi) is 4.56. The standard InChI is InChI=1S/C9H11BrClNS/c1-3-6(2)13-9-8(11)4-7(10)5-12-9/h4-6H,3H2,1-2H3. The van der Waals surface area contributed by atoms with Crippen LogP contribution in [0.15, 0.2) is 21.8 Å². The Morgan fingerprint density at radius 1 is 1.69 bits per heavy atom. The van der Waals surface area contributed by atoms with Crippen molar-refractivity contribution in [3.63, 3.8) is 0 Å². The molecule has 0 spiro atoms. The molecule has 0 amide bonds. The number of aromatic nitrogens is 1. The van der Waals surface area contributed by atoms with Crippen LogP contribution in [0.1, 0.15) is 20.3 Å². The maximum absolute atomic E-state index is 6.02. The summed E-state index contributed by atoms with van der Waals surface area (Å²) in [5.74, 6) is 0. The summed E-state index contributed by atoms with van der Waals surface area (Å²) in [5, 5.41) is 2.20. The fraction of sp³-hybridized carbons (Fsp3) is 0.444. The summed E-state index contributed by atoms with van der Waals surface area (Å²) in [6.07, 6.45) is 2.90. The zero-order valence-corrected chi connectivity index (χ0v) is 10.7. The van der Waals surface area contributed by atoms with Gasteiger partial charge in [0, 0.05) is 15.9 Å². The van der Waals surface area contributed by atoms with Gasteiger partial charge in [0.15, 0.2) is 0 Å². The third kappa shape index (κ3) is 3.49. The molecule has 0 saturated heterocycles. The highest BCUT2D eigenvalue weighted by Gasteiger charge is 2.07. The molecule has 0 fully saturated rings. The average Bonchev–Trinajstić information content (AvgIpc) is 2.09. The molecule has 0 aliphatic carbocycles. The summed E-state index contributed by atoms with van der Waals surface area (Å²) in [6, 6.07) is 1.87. The smallest absolute Gasteiger partial charge is 0.115 e. The fourth-order valence-electron chi connectivity index (χ4n) is 0.763. The van der Waals surface area contributed by atoms with Gasteiger partial charge in [-0.15, -0.1) is 11.8 Å². The lowest BCUT2D eigenvalue weighted by Crippen LogP contribution is -1.93. The van der Waals surface area contributed by atoms with E-state index in [1.54, 1.807) is 18.0 Å². The molecule has 0 aliphatic rings. The molecule has 0 N–H and O–H groups in total. The van der Waals surface area contributed by atoms with Crippen LogP contribution in [0.4, 0.5) is 0 Å². The van der Waals surface area contributed by atoms with Crippen molar-refractivity contribution in [3.8, 4) is 0 Å². The lowest BCUT2D eigenvalue weighted by Gasteiger charge is -2.08. The number of hydrogen-bond acceptors (Lipinski definition) is 2. The zero-order chi connectivity index (χ0) is 9.84. The van der Waals surface area contributed by atoms with Crippen molar-refractivity contribution in [3.05, 3.63) is 21.8 Å². The maximum Gasteiger partial charge on any atom is 0.115 e. The summed E-state index contributed by atoms with van der Waals surface area (Å²) in [4.78, 5) is 4.25. The molecule has 1 rings (SSSR count). The van der Waals surface area contributed by atoms with Crippen LogP contribution in [0.2, 0.25) is 5.02 Å². The van der Waals surface area contributed by atoms with Gasteiger partial charge in [-0.3, -0.25) is 0 Å². The van der Waals surface area contributed by atoms with Gasteiger partial charge in [-0.1, -0.05) is 25.4 Å². The van der Waals surface area contributed by atoms with Gasteiger partial charge >= 0.3 is 0 Å². The molecule has 13 heavy (non-hydrogen) atoms. The minimum absolute atomic E-state index is 0.561. The summed E-state index contributed by atoms with van der Waals surface area (Å²) < 4.78 is 0.922. The molecule has 1 heterocycles. The van der Waals surface area contributed by atoms with Gasteiger partial charge in [0.1, 0.15) is 5.03 Å². The second-order valence-corrected chi connectivity index (χ2v) is 5.53. The lowest BCUT2D eigenvalue weighted by atomic mass is 10.4. The van der Waals surface area contributed by atoms with Gasteiger partial charge in [-0.05, 0) is 28.4 Å². The van der Waals surface area contributed by atoms with Crippen LogP contribution in [0.3, 0.4) is 0 Å². The predicted octanol–water partition coefficient (Wildman–Crippen LogP) is 4.39. The molecule has 1 nitrogen and oxygen atoms in total. The number of rotatable bonds is 3. The number of hydrogen-bond donors (Lipinski definition) is 0. The van der Waals surface area contributed by atoms with Gasteiger partial charge in [-0.2, -0.15) is 0 Å². The van der Waals surface area contributed by atoms with E-state index in [1.807, 2.05) is 6.07 Å². The first kappa shape index (κ1) is 11.3. The second kappa shape index (κ2) is 5.23. The first-order valence-corrected chi connectivity index (χ1v) is 6.16. The normalized spacial score (nSPS) is 12.9. The van der Waals surface area contributed by atoms with E-state index in [0.29, 0.717) is 5.25 Å². The predicted molar refractivity (Wildman–Crippen MR) is 62.6 cm³/mol. The minimum Gasteiger partial charge on any atom is -0.247 e. The van der Waals surface area contributed by atoms with Crippen molar-refractivity contribution >= 4 is 39.3 Å². The Hall–Kier alpha value is 0.270. The van der Waals surface area contributed by atoms with E-state index in [1.165, 1.54) is 0 Å². The van der Waals surface area contributed by atoms with E-state index in [4.69, 9.17) is 11.6 Å². The number of nitrogens with zero attached hydrogens (tertiary/aromatic N) is 1. The fourth-order valence-corrected chi connectivity index (χ4v) is 2.36. The van der Waals surface area contributed by atoms with Crippen LogP contribution in [-0.2, 0) is 0 Å². The molecule has 0 radical (unpaired) electrons. The van der Waals surface area contributed by atoms with Gasteiger partial charge < -0.3 is 0 Å². The number of thioether (sulfide) groups is 1. The number of halogens is 2. The lowest BCUT2D eigenvalue weighted by molar-refractivity contribution is 0.901. The number of pyridine rings is 1. The van der Waals surface area contributed by atoms with Crippen molar-refractivity contribution < 1.29 is 0 Å². The molecule has 1 unspecified atom stereocenters. The maximum atomic E-state index is 6.02. The van der Waals surface area contributed by atoms with Crippen LogP contribution < -0.4 is 0 Å². The quantitative estimate of drug-likeness (QED) is 0.762. The second-order valence-electron chi connectivity index (χ2n) is 2.78. The Morgan fingerprint density at radius 3 is 2.92 bits per heavy atom. The van der Waals surface area contributed by atoms with Crippen molar-refractivity contribution in [2.24, 2.45) is 0 Å². The summed E-state index contributed by atoms with van der Waals surface area (Å²) >= 11 is 11.1. The third-order valence-corrected chi connectivity index (χ3v) is 3.78. The van der Waals surface area contributed by atoms with Crippen molar-refractivity contribution in [1.82, 2.24) is 4.98 Å². The monoisotopic (exact) mass is 279 g/mol. The SMILES string of the molecule is CCC(C)Sc1ncc(Br)cc1Cl. The summed E-state index contributed by atoms with van der Waals surface area (Å²) in [6.45, 7) is 4.33. The molecule has 1 aromatic rings. The first-order chi connectivity index (χ1) is 6.13. The summed E-state index contributed by atoms with van der Waals surface area (Å²) in [5.41, 5.74) is 0. The van der Waals surface area contributed by atoms with Crippen molar-refractivity contribution in [2.45, 2.75) is 30.5 Å². The van der Waals surface area contributed by atoms with E-state index >= 15 is 0 Å². The molecule has 0 bridgehead atoms. The molecule has 0 aliphatic heterocycles. The van der Waals surface area contributed by atoms with Gasteiger partial charge in [-0.25, -0.2) is 4.98 Å². The highest BCUT2D eigenvalue weighted by molar-refractivity contribution is 9.10. The van der Waals surface area contributed by atoms with Gasteiger partial charge in [0.05, 0.1) is 5.02 Å². The highest BCUT2D eigenvalue weighted by Crippen LogP contribution is 2.30. The molecule has 1 aromatic heterocycles. The molecular weight excluding hydrogens is 270 g/mol. The first-order valence-electron chi connectivity index (χ1n) is 4.11. The largest absolute Gasteiger partial charge is 0.247 e. The Balaban J connectivity index is 2.77. The highest BCUT2D eigenvalue weighted by atomic mass is 79.9. The van der Waals surface area contributed by atoms with Crippen molar-refractivity contribution in [1.29, 1.82) is 0 Å². The van der Waals surface area contributed by atoms with Gasteiger partial charge in [0.25, 0.3) is 0 Å². The average molecular weight is 281 g/mol. The summed E-state index contributed by atoms with van der Waals surface area (Å²) in [7, 11) is 0. The van der Waals surface area contributed by atoms with E-state index in [2.05, 4.69) is 34.8 Å². The Bertz CT molecular complexity index is 293. The molecule has 4 heteroatoms. The van der Waals surface area contributed by atoms with Crippen molar-refractivity contribution in [2.75, 3.05) is 0 Å². The van der Waals surface area contributed by atoms with Crippen LogP contribution in [0, 0.1) is 0 Å². The molecule has 72 valence electrons. The molecule has 1 atom stereocenters. The Labute approximate surface area is 96.4 Å². The van der Waals surface area contributed by atoms with Crippen LogP contribution in [0.5, 0.6) is 0 Å². The van der Waals surface area contributed by atoms with E-state index in [-0.39, 0.29) is 0 Å². The zero-order valence-electron chi connectivity index (χ0n) is 7.55. The molecule has 0 saturated carbocycles. The minimum atomic E-state index is 0.561. The van der Waals surface area contributed by atoms with Crippen LogP contribution in [0.25, 0.3) is 0 Å². The topological polar surface area (TPSA) is 12.9 Å².